The Hall–Kier alpha value is -2.66. The number of rotatable bonds is 2. The van der Waals surface area contributed by atoms with E-state index in [1.165, 1.54) is 6.42 Å². The second-order valence-electron chi connectivity index (χ2n) is 7.50. The quantitative estimate of drug-likeness (QED) is 0.700. The molecule has 5 heteroatoms. The monoisotopic (exact) mass is 361 g/mol. The van der Waals surface area contributed by atoms with Crippen LogP contribution in [0, 0.1) is 5.92 Å². The van der Waals surface area contributed by atoms with Crippen LogP contribution in [-0.4, -0.2) is 46.2 Å². The highest BCUT2D eigenvalue weighted by molar-refractivity contribution is 5.94. The molecule has 2 aromatic carbocycles. The number of aromatic nitrogens is 2. The first-order valence-corrected chi connectivity index (χ1v) is 9.73. The molecular weight excluding hydrogens is 338 g/mol. The van der Waals surface area contributed by atoms with Gasteiger partial charge >= 0.3 is 0 Å². The van der Waals surface area contributed by atoms with Gasteiger partial charge in [0.2, 0.25) is 0 Å². The summed E-state index contributed by atoms with van der Waals surface area (Å²) in [4.78, 5) is 19.4. The Morgan fingerprint density at radius 3 is 2.81 bits per heavy atom. The summed E-state index contributed by atoms with van der Waals surface area (Å²) in [5, 5.41) is 0. The normalized spacial score (nSPS) is 22.6. The zero-order valence-corrected chi connectivity index (χ0v) is 15.3. The number of benzene rings is 2. The molecule has 0 aliphatic carbocycles. The van der Waals surface area contributed by atoms with Crippen LogP contribution in [0.2, 0.25) is 0 Å². The molecule has 2 unspecified atom stereocenters. The predicted octanol–water partition coefficient (Wildman–Crippen LogP) is 3.67. The third kappa shape index (κ3) is 3.02. The number of ether oxygens (including phenoxy) is 1. The first-order chi connectivity index (χ1) is 13.3. The van der Waals surface area contributed by atoms with Crippen molar-refractivity contribution in [2.75, 3.05) is 19.7 Å². The van der Waals surface area contributed by atoms with E-state index in [0.717, 1.165) is 54.8 Å². The fraction of sp³-hybridized carbons (Fsp3) is 0.364. The first kappa shape index (κ1) is 16.5. The van der Waals surface area contributed by atoms with Gasteiger partial charge < -0.3 is 9.64 Å². The highest BCUT2D eigenvalue weighted by Gasteiger charge is 2.34. The van der Waals surface area contributed by atoms with Crippen molar-refractivity contribution in [2.24, 2.45) is 5.92 Å². The van der Waals surface area contributed by atoms with E-state index in [-0.39, 0.29) is 5.91 Å². The van der Waals surface area contributed by atoms with Crippen LogP contribution < -0.4 is 0 Å². The molecule has 2 aliphatic heterocycles. The van der Waals surface area contributed by atoms with Gasteiger partial charge in [-0.3, -0.25) is 9.36 Å². The van der Waals surface area contributed by atoms with Crippen molar-refractivity contribution >= 4 is 16.9 Å². The minimum atomic E-state index is 0.126. The Morgan fingerprint density at radius 2 is 1.93 bits per heavy atom. The van der Waals surface area contributed by atoms with Crippen LogP contribution >= 0.6 is 0 Å². The van der Waals surface area contributed by atoms with Gasteiger partial charge in [-0.1, -0.05) is 12.1 Å². The molecule has 0 bridgehead atoms. The van der Waals surface area contributed by atoms with E-state index < -0.39 is 0 Å². The Labute approximate surface area is 158 Å². The summed E-state index contributed by atoms with van der Waals surface area (Å²) in [6.45, 7) is 2.48. The van der Waals surface area contributed by atoms with Crippen molar-refractivity contribution < 1.29 is 9.53 Å². The molecule has 3 aromatic rings. The Balaban J connectivity index is 1.35. The van der Waals surface area contributed by atoms with Crippen LogP contribution in [0.25, 0.3) is 16.7 Å². The van der Waals surface area contributed by atoms with Crippen LogP contribution in [-0.2, 0) is 4.74 Å². The molecule has 1 amide bonds. The van der Waals surface area contributed by atoms with Gasteiger partial charge in [0.15, 0.2) is 0 Å². The third-order valence-electron chi connectivity index (χ3n) is 5.85. The number of nitrogens with zero attached hydrogens (tertiary/aromatic N) is 3. The van der Waals surface area contributed by atoms with Gasteiger partial charge in [0.25, 0.3) is 5.91 Å². The van der Waals surface area contributed by atoms with Crippen molar-refractivity contribution in [3.05, 3.63) is 60.4 Å². The summed E-state index contributed by atoms with van der Waals surface area (Å²) in [6, 6.07) is 15.9. The maximum absolute atomic E-state index is 13.0. The lowest BCUT2D eigenvalue weighted by Crippen LogP contribution is -2.48. The van der Waals surface area contributed by atoms with E-state index in [1.807, 2.05) is 53.7 Å². The van der Waals surface area contributed by atoms with Crippen LogP contribution in [0.4, 0.5) is 0 Å². The van der Waals surface area contributed by atoms with Crippen LogP contribution in [0.3, 0.4) is 0 Å². The Morgan fingerprint density at radius 1 is 1.07 bits per heavy atom. The number of para-hydroxylation sites is 2. The SMILES string of the molecule is O=C(c1ccc(-n2cnc3ccccc32)cc1)N1CCC2OCCCC2C1. The molecule has 2 fully saturated rings. The minimum absolute atomic E-state index is 0.126. The predicted molar refractivity (Wildman–Crippen MR) is 104 cm³/mol. The van der Waals surface area contributed by atoms with E-state index in [4.69, 9.17) is 4.74 Å². The van der Waals surface area contributed by atoms with Crippen molar-refractivity contribution in [1.29, 1.82) is 0 Å². The van der Waals surface area contributed by atoms with E-state index in [0.29, 0.717) is 12.0 Å². The van der Waals surface area contributed by atoms with Crippen molar-refractivity contribution in [3.63, 3.8) is 0 Å². The molecule has 138 valence electrons. The van der Waals surface area contributed by atoms with Gasteiger partial charge in [-0.2, -0.15) is 0 Å². The van der Waals surface area contributed by atoms with Crippen molar-refractivity contribution in [1.82, 2.24) is 14.5 Å². The number of hydrogen-bond acceptors (Lipinski definition) is 3. The standard InChI is InChI=1S/C22H23N3O2/c26-22(24-12-11-21-17(14-24)4-3-13-27-21)16-7-9-18(10-8-16)25-15-23-19-5-1-2-6-20(19)25/h1-2,5-10,15,17,21H,3-4,11-14H2. The number of carbonyl (C=O) groups excluding carboxylic acids is 1. The second-order valence-corrected chi connectivity index (χ2v) is 7.50. The number of amides is 1. The number of imidazole rings is 1. The summed E-state index contributed by atoms with van der Waals surface area (Å²) in [7, 11) is 0. The van der Waals surface area contributed by atoms with Gasteiger partial charge in [0.1, 0.15) is 6.33 Å². The lowest BCUT2D eigenvalue weighted by Gasteiger charge is -2.41. The maximum atomic E-state index is 13.0. The number of carbonyl (C=O) groups is 1. The lowest BCUT2D eigenvalue weighted by atomic mass is 9.88. The number of likely N-dealkylation sites (tertiary alicyclic amines) is 1. The molecule has 2 saturated heterocycles. The largest absolute Gasteiger partial charge is 0.378 e. The molecule has 2 atom stereocenters. The molecule has 3 heterocycles. The molecular formula is C22H23N3O2. The second kappa shape index (κ2) is 6.82. The zero-order chi connectivity index (χ0) is 18.2. The van der Waals surface area contributed by atoms with Crippen LogP contribution in [0.15, 0.2) is 54.9 Å². The maximum Gasteiger partial charge on any atom is 0.253 e. The highest BCUT2D eigenvalue weighted by Crippen LogP contribution is 2.29. The van der Waals surface area contributed by atoms with Gasteiger partial charge in [-0.15, -0.1) is 0 Å². The van der Waals surface area contributed by atoms with Gasteiger partial charge in [0, 0.05) is 36.9 Å². The highest BCUT2D eigenvalue weighted by atomic mass is 16.5. The number of fused-ring (bicyclic) bond motifs is 2. The number of hydrogen-bond donors (Lipinski definition) is 0. The first-order valence-electron chi connectivity index (χ1n) is 9.73. The Kier molecular flexibility index (Phi) is 4.17. The lowest BCUT2D eigenvalue weighted by molar-refractivity contribution is -0.0606. The Bertz CT molecular complexity index is 963. The number of piperidine rings is 1. The summed E-state index contributed by atoms with van der Waals surface area (Å²) < 4.78 is 7.91. The van der Waals surface area contributed by atoms with Crippen molar-refractivity contribution in [3.8, 4) is 5.69 Å². The summed E-state index contributed by atoms with van der Waals surface area (Å²) in [5.74, 6) is 0.620. The van der Waals surface area contributed by atoms with Crippen molar-refractivity contribution in [2.45, 2.75) is 25.4 Å². The molecule has 27 heavy (non-hydrogen) atoms. The fourth-order valence-electron chi connectivity index (χ4n) is 4.38. The van der Waals surface area contributed by atoms with E-state index in [9.17, 15) is 4.79 Å². The molecule has 0 spiro atoms. The minimum Gasteiger partial charge on any atom is -0.378 e. The summed E-state index contributed by atoms with van der Waals surface area (Å²) in [6.07, 6.45) is 5.41. The fourth-order valence-corrected chi connectivity index (χ4v) is 4.38. The molecule has 0 N–H and O–H groups in total. The molecule has 2 aliphatic rings. The topological polar surface area (TPSA) is 47.4 Å². The smallest absolute Gasteiger partial charge is 0.253 e. The molecule has 1 aromatic heterocycles. The summed E-state index contributed by atoms with van der Waals surface area (Å²) in [5.41, 5.74) is 3.80. The molecule has 0 radical (unpaired) electrons. The van der Waals surface area contributed by atoms with E-state index >= 15 is 0 Å². The molecule has 5 nitrogen and oxygen atoms in total. The van der Waals surface area contributed by atoms with Crippen LogP contribution in [0.1, 0.15) is 29.6 Å². The van der Waals surface area contributed by atoms with Gasteiger partial charge in [-0.05, 0) is 55.7 Å². The van der Waals surface area contributed by atoms with E-state index in [1.54, 1.807) is 0 Å². The van der Waals surface area contributed by atoms with Crippen LogP contribution in [0.5, 0.6) is 0 Å². The molecule has 0 saturated carbocycles. The average molecular weight is 361 g/mol. The summed E-state index contributed by atoms with van der Waals surface area (Å²) >= 11 is 0. The third-order valence-corrected chi connectivity index (χ3v) is 5.85. The van der Waals surface area contributed by atoms with Gasteiger partial charge in [-0.25, -0.2) is 4.98 Å². The zero-order valence-electron chi connectivity index (χ0n) is 15.3. The van der Waals surface area contributed by atoms with Gasteiger partial charge in [0.05, 0.1) is 17.1 Å². The molecule has 5 rings (SSSR count). The van der Waals surface area contributed by atoms with E-state index in [2.05, 4.69) is 15.6 Å². The average Bonchev–Trinajstić information content (AvgIpc) is 3.17.